The van der Waals surface area contributed by atoms with Gasteiger partial charge in [-0.05, 0) is 78.9 Å². The van der Waals surface area contributed by atoms with Crippen LogP contribution in [-0.2, 0) is 23.8 Å². The van der Waals surface area contributed by atoms with Crippen LogP contribution in [0.1, 0.15) is 41.6 Å². The molecule has 0 unspecified atom stereocenters. The number of benzene rings is 3. The number of carbonyl (C=O) groups excluding carboxylic acids is 4. The summed E-state index contributed by atoms with van der Waals surface area (Å²) in [5, 5.41) is 0. The van der Waals surface area contributed by atoms with E-state index in [-0.39, 0.29) is 17.9 Å². The number of rotatable bonds is 13. The van der Waals surface area contributed by atoms with E-state index in [0.29, 0.717) is 28.6 Å². The molecule has 0 bridgehead atoms. The Hall–Kier alpha value is -5.50. The van der Waals surface area contributed by atoms with E-state index >= 15 is 0 Å². The van der Waals surface area contributed by atoms with Crippen molar-refractivity contribution in [2.75, 3.05) is 31.8 Å². The first kappa shape index (κ1) is 38.7. The lowest BCUT2D eigenvalue weighted by Crippen LogP contribution is -2.11. The van der Waals surface area contributed by atoms with Crippen molar-refractivity contribution in [3.63, 3.8) is 0 Å². The third-order valence-electron chi connectivity index (χ3n) is 6.91. The number of carbonyl (C=O) groups is 4. The van der Waals surface area contributed by atoms with Crippen molar-refractivity contribution in [3.05, 3.63) is 136 Å². The highest BCUT2D eigenvalue weighted by Gasteiger charge is 2.20. The Bertz CT molecular complexity index is 2250. The Kier molecular flexibility index (Phi) is 14.2. The molecule has 0 aliphatic carbocycles. The standard InChI is InChI=1S/C41H30O8S4/c1-4-38(42)47-20-22-50-30-14-8-27(9-15-30)6-7-29-13-19-34(33(24-29)40(44)46-3)49-41(45)37-26-36-35(53-37)25-32(52-36)18-12-28-10-16-31(17-11-28)51-23-21-48-39(43)5-2/h4-5,8-11,13-17,19,24-26H,1-2,20-23H2,3H3. The molecule has 3 aromatic carbocycles. The Labute approximate surface area is 323 Å². The van der Waals surface area contributed by atoms with Gasteiger partial charge in [0.1, 0.15) is 29.4 Å². The summed E-state index contributed by atoms with van der Waals surface area (Å²) in [6.07, 6.45) is 2.28. The minimum absolute atomic E-state index is 0.0661. The Balaban J connectivity index is 1.18. The topological polar surface area (TPSA) is 105 Å². The second-order valence-corrected chi connectivity index (χ2v) is 15.0. The molecule has 0 aliphatic rings. The van der Waals surface area contributed by atoms with Gasteiger partial charge in [0.05, 0.1) is 12.0 Å². The highest BCUT2D eigenvalue weighted by molar-refractivity contribution is 7.99. The molecule has 2 aromatic heterocycles. The number of hydrogen-bond donors (Lipinski definition) is 0. The zero-order chi connectivity index (χ0) is 37.6. The van der Waals surface area contributed by atoms with E-state index in [4.69, 9.17) is 18.9 Å². The molecule has 8 nitrogen and oxygen atoms in total. The number of methoxy groups -OCH3 is 1. The Morgan fingerprint density at radius 3 is 1.74 bits per heavy atom. The molecule has 53 heavy (non-hydrogen) atoms. The first-order chi connectivity index (χ1) is 25.7. The number of ether oxygens (including phenoxy) is 4. The lowest BCUT2D eigenvalue weighted by atomic mass is 10.1. The second kappa shape index (κ2) is 19.4. The maximum atomic E-state index is 13.2. The van der Waals surface area contributed by atoms with Crippen LogP contribution >= 0.6 is 46.2 Å². The summed E-state index contributed by atoms with van der Waals surface area (Å²) in [7, 11) is 1.26. The lowest BCUT2D eigenvalue weighted by molar-refractivity contribution is -0.138. The van der Waals surface area contributed by atoms with Crippen molar-refractivity contribution in [1.29, 1.82) is 0 Å². The molecular formula is C41H30O8S4. The molecule has 0 spiro atoms. The molecule has 0 saturated carbocycles. The monoisotopic (exact) mass is 778 g/mol. The molecule has 5 aromatic rings. The summed E-state index contributed by atoms with van der Waals surface area (Å²) < 4.78 is 22.4. The molecule has 0 saturated heterocycles. The summed E-state index contributed by atoms with van der Waals surface area (Å²) in [4.78, 5) is 51.4. The fourth-order valence-corrected chi connectivity index (χ4v) is 7.97. The Morgan fingerprint density at radius 1 is 0.660 bits per heavy atom. The van der Waals surface area contributed by atoms with Crippen molar-refractivity contribution in [2.45, 2.75) is 9.79 Å². The third kappa shape index (κ3) is 11.5. The molecule has 266 valence electrons. The average Bonchev–Trinajstić information content (AvgIpc) is 3.77. The predicted molar refractivity (Wildman–Crippen MR) is 211 cm³/mol. The van der Waals surface area contributed by atoms with E-state index in [9.17, 15) is 19.2 Å². The van der Waals surface area contributed by atoms with Gasteiger partial charge in [-0.25, -0.2) is 19.2 Å². The number of thioether (sulfide) groups is 2. The van der Waals surface area contributed by atoms with Crippen LogP contribution in [0.3, 0.4) is 0 Å². The van der Waals surface area contributed by atoms with E-state index in [0.717, 1.165) is 47.3 Å². The van der Waals surface area contributed by atoms with Crippen LogP contribution in [0.4, 0.5) is 0 Å². The third-order valence-corrected chi connectivity index (χ3v) is 11.1. The van der Waals surface area contributed by atoms with Crippen LogP contribution in [0.2, 0.25) is 0 Å². The minimum atomic E-state index is -0.660. The smallest absolute Gasteiger partial charge is 0.353 e. The maximum Gasteiger partial charge on any atom is 0.353 e. The van der Waals surface area contributed by atoms with Crippen molar-refractivity contribution >= 4 is 79.5 Å². The van der Waals surface area contributed by atoms with Gasteiger partial charge in [-0.2, -0.15) is 0 Å². The molecule has 12 heteroatoms. The number of hydrogen-bond acceptors (Lipinski definition) is 12. The molecule has 0 N–H and O–H groups in total. The van der Waals surface area contributed by atoms with Crippen LogP contribution in [0, 0.1) is 23.7 Å². The van der Waals surface area contributed by atoms with E-state index in [1.165, 1.54) is 41.9 Å². The highest BCUT2D eigenvalue weighted by atomic mass is 32.2. The van der Waals surface area contributed by atoms with Crippen molar-refractivity contribution in [1.82, 2.24) is 0 Å². The first-order valence-corrected chi connectivity index (χ1v) is 19.4. The van der Waals surface area contributed by atoms with Gasteiger partial charge in [0.15, 0.2) is 0 Å². The molecule has 0 fully saturated rings. The summed E-state index contributed by atoms with van der Waals surface area (Å²) in [5.41, 5.74) is 2.24. The molecule has 5 rings (SSSR count). The van der Waals surface area contributed by atoms with Gasteiger partial charge in [-0.15, -0.1) is 46.2 Å². The lowest BCUT2D eigenvalue weighted by Gasteiger charge is -2.08. The SMILES string of the molecule is C=CC(=O)OCCSc1ccc(C#Cc2ccc(OC(=O)c3cc4sc(C#Cc5ccc(SCCOC(=O)C=C)cc5)cc4s3)c(C(=O)OC)c2)cc1. The normalized spacial score (nSPS) is 10.2. The van der Waals surface area contributed by atoms with Gasteiger partial charge < -0.3 is 18.9 Å². The summed E-state index contributed by atoms with van der Waals surface area (Å²) >= 11 is 5.88. The quantitative estimate of drug-likeness (QED) is 0.0220. The zero-order valence-corrected chi connectivity index (χ0v) is 31.6. The van der Waals surface area contributed by atoms with Crippen LogP contribution < -0.4 is 4.74 Å². The van der Waals surface area contributed by atoms with Gasteiger partial charge in [0.25, 0.3) is 0 Å². The van der Waals surface area contributed by atoms with Gasteiger partial charge in [0, 0.05) is 59.5 Å². The van der Waals surface area contributed by atoms with E-state index in [1.807, 2.05) is 54.6 Å². The molecule has 2 heterocycles. The van der Waals surface area contributed by atoms with E-state index in [1.54, 1.807) is 35.7 Å². The van der Waals surface area contributed by atoms with Gasteiger partial charge >= 0.3 is 23.9 Å². The fourth-order valence-electron chi connectivity index (χ4n) is 4.38. The molecule has 0 radical (unpaired) electrons. The molecule has 0 amide bonds. The van der Waals surface area contributed by atoms with E-state index < -0.39 is 23.9 Å². The van der Waals surface area contributed by atoms with Gasteiger partial charge in [-0.1, -0.05) is 36.8 Å². The van der Waals surface area contributed by atoms with Crippen LogP contribution in [-0.4, -0.2) is 55.7 Å². The fraction of sp³-hybridized carbons (Fsp3) is 0.122. The Morgan fingerprint density at radius 2 is 1.19 bits per heavy atom. The van der Waals surface area contributed by atoms with Crippen molar-refractivity contribution in [2.24, 2.45) is 0 Å². The molecule has 0 atom stereocenters. The average molecular weight is 779 g/mol. The van der Waals surface area contributed by atoms with Gasteiger partial charge in [0.2, 0.25) is 0 Å². The number of esters is 4. The van der Waals surface area contributed by atoms with E-state index in [2.05, 4.69) is 36.8 Å². The number of fused-ring (bicyclic) bond motifs is 1. The minimum Gasteiger partial charge on any atom is -0.465 e. The van der Waals surface area contributed by atoms with Crippen LogP contribution in [0.15, 0.2) is 114 Å². The summed E-state index contributed by atoms with van der Waals surface area (Å²) in [6, 6.07) is 23.8. The predicted octanol–water partition coefficient (Wildman–Crippen LogP) is 8.41. The number of thiophene rings is 2. The summed E-state index contributed by atoms with van der Waals surface area (Å²) in [6.45, 7) is 7.34. The maximum absolute atomic E-state index is 13.2. The van der Waals surface area contributed by atoms with Crippen LogP contribution in [0.25, 0.3) is 9.40 Å². The second-order valence-electron chi connectivity index (χ2n) is 10.5. The van der Waals surface area contributed by atoms with Crippen LogP contribution in [0.5, 0.6) is 5.75 Å². The van der Waals surface area contributed by atoms with Crippen molar-refractivity contribution in [3.8, 4) is 29.4 Å². The first-order valence-electron chi connectivity index (χ1n) is 15.8. The highest BCUT2D eigenvalue weighted by Crippen LogP contribution is 2.34. The molecule has 0 aliphatic heterocycles. The van der Waals surface area contributed by atoms with Gasteiger partial charge in [-0.3, -0.25) is 0 Å². The largest absolute Gasteiger partial charge is 0.465 e. The van der Waals surface area contributed by atoms with Crippen molar-refractivity contribution < 1.29 is 38.1 Å². The molecular weight excluding hydrogens is 749 g/mol. The zero-order valence-electron chi connectivity index (χ0n) is 28.3. The summed E-state index contributed by atoms with van der Waals surface area (Å²) in [5.74, 6) is 11.7.